The Balaban J connectivity index is 2.53. The van der Waals surface area contributed by atoms with Gasteiger partial charge in [-0.1, -0.05) is 27.7 Å². The third kappa shape index (κ3) is 5.31. The summed E-state index contributed by atoms with van der Waals surface area (Å²) in [5.41, 5.74) is 0.195. The first-order valence-electron chi connectivity index (χ1n) is 7.97. The Morgan fingerprint density at radius 1 is 1.40 bits per heavy atom. The van der Waals surface area contributed by atoms with Crippen LogP contribution in [-0.2, 0) is 4.74 Å². The van der Waals surface area contributed by atoms with Crippen LogP contribution in [0.2, 0.25) is 0 Å². The zero-order valence-corrected chi connectivity index (χ0v) is 14.1. The first-order valence-corrected chi connectivity index (χ1v) is 7.97. The summed E-state index contributed by atoms with van der Waals surface area (Å²) < 4.78 is 6.02. The van der Waals surface area contributed by atoms with Crippen LogP contribution >= 0.6 is 0 Å². The molecular formula is C16H33N3O. The second-order valence-electron chi connectivity index (χ2n) is 6.97. The highest BCUT2D eigenvalue weighted by atomic mass is 16.5. The molecule has 4 nitrogen and oxygen atoms in total. The Kier molecular flexibility index (Phi) is 6.80. The maximum Gasteiger partial charge on any atom is 0.191 e. The van der Waals surface area contributed by atoms with Crippen molar-refractivity contribution in [2.45, 2.75) is 66.0 Å². The molecule has 2 N–H and O–H groups in total. The maximum absolute atomic E-state index is 6.02. The fourth-order valence-electron chi connectivity index (χ4n) is 2.77. The third-order valence-electron chi connectivity index (χ3n) is 4.05. The molecule has 0 aromatic rings. The zero-order valence-electron chi connectivity index (χ0n) is 14.1. The Morgan fingerprint density at radius 2 is 2.10 bits per heavy atom. The lowest BCUT2D eigenvalue weighted by atomic mass is 9.78. The van der Waals surface area contributed by atoms with E-state index in [9.17, 15) is 0 Å². The van der Waals surface area contributed by atoms with Crippen LogP contribution in [0.15, 0.2) is 4.99 Å². The highest BCUT2D eigenvalue weighted by molar-refractivity contribution is 5.79. The summed E-state index contributed by atoms with van der Waals surface area (Å²) in [5, 5.41) is 6.87. The first-order chi connectivity index (χ1) is 9.38. The lowest BCUT2D eigenvalue weighted by Crippen LogP contribution is -2.48. The predicted octanol–water partition coefficient (Wildman–Crippen LogP) is 2.79. The predicted molar refractivity (Wildman–Crippen MR) is 86.2 cm³/mol. The topological polar surface area (TPSA) is 45.7 Å². The lowest BCUT2D eigenvalue weighted by Gasteiger charge is -2.40. The van der Waals surface area contributed by atoms with Crippen molar-refractivity contribution < 1.29 is 4.74 Å². The second-order valence-corrected chi connectivity index (χ2v) is 6.97. The third-order valence-corrected chi connectivity index (χ3v) is 4.05. The van der Waals surface area contributed by atoms with Crippen molar-refractivity contribution in [2.24, 2.45) is 16.3 Å². The Hall–Kier alpha value is -0.770. The van der Waals surface area contributed by atoms with Crippen LogP contribution in [-0.4, -0.2) is 38.3 Å². The monoisotopic (exact) mass is 283 g/mol. The summed E-state index contributed by atoms with van der Waals surface area (Å²) >= 11 is 0. The molecule has 118 valence electrons. The van der Waals surface area contributed by atoms with Gasteiger partial charge < -0.3 is 15.4 Å². The molecule has 0 bridgehead atoms. The van der Waals surface area contributed by atoms with Gasteiger partial charge in [0.1, 0.15) is 0 Å². The first kappa shape index (κ1) is 17.3. The summed E-state index contributed by atoms with van der Waals surface area (Å²) in [6.07, 6.45) is 3.81. The Morgan fingerprint density at radius 3 is 2.65 bits per heavy atom. The van der Waals surface area contributed by atoms with Crippen LogP contribution in [0, 0.1) is 11.3 Å². The van der Waals surface area contributed by atoms with Gasteiger partial charge in [0.05, 0.1) is 6.10 Å². The molecule has 3 unspecified atom stereocenters. The highest BCUT2D eigenvalue weighted by Gasteiger charge is 2.35. The Labute approximate surface area is 124 Å². The number of ether oxygens (including phenoxy) is 1. The van der Waals surface area contributed by atoms with E-state index >= 15 is 0 Å². The van der Waals surface area contributed by atoms with Gasteiger partial charge in [-0.25, -0.2) is 0 Å². The van der Waals surface area contributed by atoms with E-state index in [1.807, 2.05) is 7.05 Å². The number of guanidine groups is 1. The molecule has 1 saturated heterocycles. The SMILES string of the molecule is CCC(C)NC(=NC)NCC1CCCOC1C(C)(C)C. The molecular weight excluding hydrogens is 250 g/mol. The molecule has 0 radical (unpaired) electrons. The highest BCUT2D eigenvalue weighted by Crippen LogP contribution is 2.33. The average Bonchev–Trinajstić information content (AvgIpc) is 2.42. The summed E-state index contributed by atoms with van der Waals surface area (Å²) in [7, 11) is 1.83. The fourth-order valence-corrected chi connectivity index (χ4v) is 2.77. The fraction of sp³-hybridized carbons (Fsp3) is 0.938. The molecule has 1 rings (SSSR count). The van der Waals surface area contributed by atoms with Crippen LogP contribution < -0.4 is 10.6 Å². The standard InChI is InChI=1S/C16H33N3O/c1-7-12(2)19-15(17-6)18-11-13-9-8-10-20-14(13)16(3,4)5/h12-14H,7-11H2,1-6H3,(H2,17,18,19). The minimum atomic E-state index is 0.195. The zero-order chi connectivity index (χ0) is 15.2. The van der Waals surface area contributed by atoms with Gasteiger partial charge in [0.15, 0.2) is 5.96 Å². The van der Waals surface area contributed by atoms with E-state index in [1.54, 1.807) is 0 Å². The quantitative estimate of drug-likeness (QED) is 0.616. The molecule has 0 spiro atoms. The van der Waals surface area contributed by atoms with Crippen LogP contribution in [0.5, 0.6) is 0 Å². The minimum absolute atomic E-state index is 0.195. The van der Waals surface area contributed by atoms with Gasteiger partial charge in [-0.2, -0.15) is 0 Å². The van der Waals surface area contributed by atoms with Gasteiger partial charge in [0.25, 0.3) is 0 Å². The van der Waals surface area contributed by atoms with Crippen LogP contribution in [0.4, 0.5) is 0 Å². The van der Waals surface area contributed by atoms with Gasteiger partial charge in [-0.05, 0) is 31.6 Å². The summed E-state index contributed by atoms with van der Waals surface area (Å²) in [6.45, 7) is 13.0. The van der Waals surface area contributed by atoms with E-state index < -0.39 is 0 Å². The number of hydrogen-bond acceptors (Lipinski definition) is 2. The largest absolute Gasteiger partial charge is 0.377 e. The van der Waals surface area contributed by atoms with Crippen molar-refractivity contribution in [1.82, 2.24) is 10.6 Å². The smallest absolute Gasteiger partial charge is 0.191 e. The molecule has 0 aliphatic carbocycles. The van der Waals surface area contributed by atoms with Gasteiger partial charge >= 0.3 is 0 Å². The van der Waals surface area contributed by atoms with Gasteiger partial charge in [-0.15, -0.1) is 0 Å². The summed E-state index contributed by atoms with van der Waals surface area (Å²) in [4.78, 5) is 4.30. The molecule has 0 aromatic heterocycles. The number of aliphatic imine (C=N–C) groups is 1. The van der Waals surface area contributed by atoms with Crippen molar-refractivity contribution >= 4 is 5.96 Å². The number of rotatable bonds is 4. The van der Waals surface area contributed by atoms with Gasteiger partial charge in [0, 0.05) is 32.2 Å². The molecule has 1 aliphatic heterocycles. The molecule has 0 saturated carbocycles. The Bertz CT molecular complexity index is 309. The van der Waals surface area contributed by atoms with E-state index in [1.165, 1.54) is 6.42 Å². The molecule has 0 aromatic carbocycles. The van der Waals surface area contributed by atoms with Crippen LogP contribution in [0.25, 0.3) is 0 Å². The van der Waals surface area contributed by atoms with Crippen molar-refractivity contribution in [2.75, 3.05) is 20.2 Å². The van der Waals surface area contributed by atoms with E-state index in [0.717, 1.165) is 32.0 Å². The number of nitrogens with zero attached hydrogens (tertiary/aromatic N) is 1. The van der Waals surface area contributed by atoms with Crippen molar-refractivity contribution in [1.29, 1.82) is 0 Å². The molecule has 0 amide bonds. The van der Waals surface area contributed by atoms with Crippen molar-refractivity contribution in [3.05, 3.63) is 0 Å². The minimum Gasteiger partial charge on any atom is -0.377 e. The number of hydrogen-bond donors (Lipinski definition) is 2. The van der Waals surface area contributed by atoms with E-state index in [2.05, 4.69) is 50.2 Å². The summed E-state index contributed by atoms with van der Waals surface area (Å²) in [5.74, 6) is 1.46. The van der Waals surface area contributed by atoms with Gasteiger partial charge in [-0.3, -0.25) is 4.99 Å². The molecule has 3 atom stereocenters. The molecule has 1 heterocycles. The number of nitrogens with one attached hydrogen (secondary N) is 2. The van der Waals surface area contributed by atoms with Crippen molar-refractivity contribution in [3.63, 3.8) is 0 Å². The normalized spacial score (nSPS) is 26.2. The average molecular weight is 283 g/mol. The molecule has 4 heteroatoms. The summed E-state index contributed by atoms with van der Waals surface area (Å²) in [6, 6.07) is 0.446. The van der Waals surface area contributed by atoms with Gasteiger partial charge in [0.2, 0.25) is 0 Å². The molecule has 1 aliphatic rings. The molecule has 20 heavy (non-hydrogen) atoms. The van der Waals surface area contributed by atoms with Crippen LogP contribution in [0.1, 0.15) is 53.9 Å². The van der Waals surface area contributed by atoms with Crippen molar-refractivity contribution in [3.8, 4) is 0 Å². The second kappa shape index (κ2) is 7.87. The van der Waals surface area contributed by atoms with E-state index in [-0.39, 0.29) is 5.41 Å². The lowest BCUT2D eigenvalue weighted by molar-refractivity contribution is -0.0835. The van der Waals surface area contributed by atoms with Crippen LogP contribution in [0.3, 0.4) is 0 Å². The van der Waals surface area contributed by atoms with E-state index in [4.69, 9.17) is 4.74 Å². The van der Waals surface area contributed by atoms with E-state index in [0.29, 0.717) is 18.1 Å². The maximum atomic E-state index is 6.02. The molecule has 1 fully saturated rings.